The number of piperidine rings is 1. The molecule has 1 aliphatic rings. The summed E-state index contributed by atoms with van der Waals surface area (Å²) in [5.41, 5.74) is 2.14. The monoisotopic (exact) mass is 299 g/mol. The number of carbonyl (C=O) groups is 1. The first-order valence-electron chi connectivity index (χ1n) is 7.67. The van der Waals surface area contributed by atoms with Crippen LogP contribution in [0.2, 0.25) is 0 Å². The third-order valence-electron chi connectivity index (χ3n) is 4.11. The number of likely N-dealkylation sites (tertiary alicyclic amines) is 1. The summed E-state index contributed by atoms with van der Waals surface area (Å²) in [6, 6.07) is 11.8. The number of amides is 1. The van der Waals surface area contributed by atoms with Crippen molar-refractivity contribution in [1.82, 2.24) is 14.7 Å². The number of aromatic nitrogens is 2. The normalized spacial score (nSPS) is 15.8. The maximum atomic E-state index is 12.1. The van der Waals surface area contributed by atoms with E-state index in [-0.39, 0.29) is 6.09 Å². The number of rotatable bonds is 3. The van der Waals surface area contributed by atoms with Crippen LogP contribution in [0, 0.1) is 0 Å². The van der Waals surface area contributed by atoms with Gasteiger partial charge < -0.3 is 9.64 Å². The van der Waals surface area contributed by atoms with Gasteiger partial charge in [0.15, 0.2) is 0 Å². The standard InChI is InChI=1S/C17H21N3O2/c1-19-10-9-16(18-19)15-7-11-20(12-8-15)17(21)22-13-14-5-3-2-4-6-14/h2-6,9-10,15H,7-8,11-13H2,1H3. The predicted molar refractivity (Wildman–Crippen MR) is 83.4 cm³/mol. The van der Waals surface area contributed by atoms with E-state index >= 15 is 0 Å². The minimum atomic E-state index is -0.219. The van der Waals surface area contributed by atoms with Crippen LogP contribution < -0.4 is 0 Å². The van der Waals surface area contributed by atoms with Crippen molar-refractivity contribution in [3.05, 3.63) is 53.9 Å². The molecule has 3 rings (SSSR count). The molecule has 0 saturated carbocycles. The maximum absolute atomic E-state index is 12.1. The lowest BCUT2D eigenvalue weighted by Gasteiger charge is -2.30. The molecule has 1 aromatic heterocycles. The second-order valence-corrected chi connectivity index (χ2v) is 5.72. The maximum Gasteiger partial charge on any atom is 0.410 e. The molecule has 5 heteroatoms. The number of ether oxygens (including phenoxy) is 1. The van der Waals surface area contributed by atoms with Crippen LogP contribution in [-0.4, -0.2) is 33.9 Å². The summed E-state index contributed by atoms with van der Waals surface area (Å²) in [6.07, 6.45) is 3.63. The highest BCUT2D eigenvalue weighted by atomic mass is 16.6. The van der Waals surface area contributed by atoms with Crippen LogP contribution in [-0.2, 0) is 18.4 Å². The second kappa shape index (κ2) is 6.64. The van der Waals surface area contributed by atoms with E-state index < -0.39 is 0 Å². The zero-order chi connectivity index (χ0) is 15.4. The molecule has 0 radical (unpaired) electrons. The van der Waals surface area contributed by atoms with Crippen molar-refractivity contribution in [2.24, 2.45) is 7.05 Å². The van der Waals surface area contributed by atoms with Crippen LogP contribution in [0.15, 0.2) is 42.6 Å². The Labute approximate surface area is 130 Å². The molecule has 22 heavy (non-hydrogen) atoms. The molecule has 5 nitrogen and oxygen atoms in total. The topological polar surface area (TPSA) is 47.4 Å². The molecule has 0 atom stereocenters. The zero-order valence-corrected chi connectivity index (χ0v) is 12.8. The van der Waals surface area contributed by atoms with E-state index in [1.54, 1.807) is 4.90 Å². The van der Waals surface area contributed by atoms with Crippen molar-refractivity contribution in [1.29, 1.82) is 0 Å². The smallest absolute Gasteiger partial charge is 0.410 e. The van der Waals surface area contributed by atoms with Gasteiger partial charge in [0.1, 0.15) is 6.61 Å². The van der Waals surface area contributed by atoms with Gasteiger partial charge in [0, 0.05) is 32.3 Å². The van der Waals surface area contributed by atoms with Gasteiger partial charge in [0.2, 0.25) is 0 Å². The predicted octanol–water partition coefficient (Wildman–Crippen LogP) is 2.94. The number of aryl methyl sites for hydroxylation is 1. The summed E-state index contributed by atoms with van der Waals surface area (Å²) in [7, 11) is 1.93. The molecule has 1 saturated heterocycles. The van der Waals surface area contributed by atoms with Gasteiger partial charge in [-0.1, -0.05) is 30.3 Å². The Kier molecular flexibility index (Phi) is 4.42. The molecular formula is C17H21N3O2. The minimum Gasteiger partial charge on any atom is -0.445 e. The zero-order valence-electron chi connectivity index (χ0n) is 12.8. The number of hydrogen-bond donors (Lipinski definition) is 0. The number of carbonyl (C=O) groups excluding carboxylic acids is 1. The van der Waals surface area contributed by atoms with Gasteiger partial charge in [-0.25, -0.2) is 4.79 Å². The van der Waals surface area contributed by atoms with Crippen LogP contribution in [0.5, 0.6) is 0 Å². The molecule has 1 aliphatic heterocycles. The van der Waals surface area contributed by atoms with Gasteiger partial charge in [-0.05, 0) is 24.5 Å². The minimum absolute atomic E-state index is 0.219. The SMILES string of the molecule is Cn1ccc(C2CCN(C(=O)OCc3ccccc3)CC2)n1. The van der Waals surface area contributed by atoms with Crippen LogP contribution in [0.4, 0.5) is 4.79 Å². The first-order chi connectivity index (χ1) is 10.7. The van der Waals surface area contributed by atoms with E-state index in [4.69, 9.17) is 4.74 Å². The molecule has 1 fully saturated rings. The Morgan fingerprint density at radius 3 is 2.59 bits per heavy atom. The Morgan fingerprint density at radius 2 is 1.95 bits per heavy atom. The number of benzene rings is 1. The van der Waals surface area contributed by atoms with E-state index in [1.807, 2.05) is 48.3 Å². The van der Waals surface area contributed by atoms with Crippen LogP contribution in [0.25, 0.3) is 0 Å². The number of hydrogen-bond acceptors (Lipinski definition) is 3. The summed E-state index contributed by atoms with van der Waals surface area (Å²) >= 11 is 0. The Bertz CT molecular complexity index is 616. The average Bonchev–Trinajstić information content (AvgIpc) is 3.00. The lowest BCUT2D eigenvalue weighted by molar-refractivity contribution is 0.0868. The molecule has 0 unspecified atom stereocenters. The Balaban J connectivity index is 1.47. The molecule has 116 valence electrons. The summed E-state index contributed by atoms with van der Waals surface area (Å²) in [5, 5.41) is 4.46. The Hall–Kier alpha value is -2.30. The summed E-state index contributed by atoms with van der Waals surface area (Å²) in [4.78, 5) is 13.9. The van der Waals surface area contributed by atoms with Crippen LogP contribution in [0.3, 0.4) is 0 Å². The number of nitrogens with zero attached hydrogens (tertiary/aromatic N) is 3. The molecule has 2 aromatic rings. The average molecular weight is 299 g/mol. The molecule has 0 N–H and O–H groups in total. The van der Waals surface area contributed by atoms with Gasteiger partial charge in [-0.3, -0.25) is 4.68 Å². The highest BCUT2D eigenvalue weighted by molar-refractivity contribution is 5.67. The van der Waals surface area contributed by atoms with Gasteiger partial charge in [0.25, 0.3) is 0 Å². The van der Waals surface area contributed by atoms with Gasteiger partial charge in [-0.15, -0.1) is 0 Å². The van der Waals surface area contributed by atoms with Gasteiger partial charge in [0.05, 0.1) is 5.69 Å². The lowest BCUT2D eigenvalue weighted by Crippen LogP contribution is -2.38. The van der Waals surface area contributed by atoms with Crippen molar-refractivity contribution in [3.8, 4) is 0 Å². The van der Waals surface area contributed by atoms with Gasteiger partial charge in [-0.2, -0.15) is 5.10 Å². The lowest BCUT2D eigenvalue weighted by atomic mass is 9.94. The fraction of sp³-hybridized carbons (Fsp3) is 0.412. The first kappa shape index (κ1) is 14.6. The van der Waals surface area contributed by atoms with E-state index in [2.05, 4.69) is 11.2 Å². The summed E-state index contributed by atoms with van der Waals surface area (Å²) in [6.45, 7) is 1.80. The fourth-order valence-electron chi connectivity index (χ4n) is 2.82. The van der Waals surface area contributed by atoms with E-state index in [0.717, 1.165) is 37.2 Å². The van der Waals surface area contributed by atoms with Crippen molar-refractivity contribution >= 4 is 6.09 Å². The summed E-state index contributed by atoms with van der Waals surface area (Å²) < 4.78 is 7.21. The highest BCUT2D eigenvalue weighted by Crippen LogP contribution is 2.26. The molecule has 0 aliphatic carbocycles. The largest absolute Gasteiger partial charge is 0.445 e. The fourth-order valence-corrected chi connectivity index (χ4v) is 2.82. The van der Waals surface area contributed by atoms with Crippen molar-refractivity contribution in [2.45, 2.75) is 25.4 Å². The van der Waals surface area contributed by atoms with Crippen LogP contribution >= 0.6 is 0 Å². The third-order valence-corrected chi connectivity index (χ3v) is 4.11. The Morgan fingerprint density at radius 1 is 1.23 bits per heavy atom. The van der Waals surface area contributed by atoms with E-state index in [1.165, 1.54) is 0 Å². The van der Waals surface area contributed by atoms with Crippen molar-refractivity contribution in [3.63, 3.8) is 0 Å². The molecule has 1 amide bonds. The highest BCUT2D eigenvalue weighted by Gasteiger charge is 2.25. The molecule has 2 heterocycles. The summed E-state index contributed by atoms with van der Waals surface area (Å²) in [5.74, 6) is 0.444. The van der Waals surface area contributed by atoms with Crippen molar-refractivity contribution in [2.75, 3.05) is 13.1 Å². The molecule has 0 spiro atoms. The molecular weight excluding hydrogens is 278 g/mol. The van der Waals surface area contributed by atoms with Crippen molar-refractivity contribution < 1.29 is 9.53 Å². The first-order valence-corrected chi connectivity index (χ1v) is 7.67. The van der Waals surface area contributed by atoms with E-state index in [9.17, 15) is 4.79 Å². The quantitative estimate of drug-likeness (QED) is 0.875. The van der Waals surface area contributed by atoms with E-state index in [0.29, 0.717) is 12.5 Å². The molecule has 1 aromatic carbocycles. The van der Waals surface area contributed by atoms with Crippen LogP contribution in [0.1, 0.15) is 30.0 Å². The van der Waals surface area contributed by atoms with Gasteiger partial charge >= 0.3 is 6.09 Å². The third kappa shape index (κ3) is 3.47. The second-order valence-electron chi connectivity index (χ2n) is 5.72. The molecule has 0 bridgehead atoms.